The topological polar surface area (TPSA) is 69.6 Å². The van der Waals surface area contributed by atoms with E-state index in [1.807, 2.05) is 7.05 Å². The third-order valence-electron chi connectivity index (χ3n) is 3.98. The summed E-state index contributed by atoms with van der Waals surface area (Å²) >= 11 is 0. The zero-order chi connectivity index (χ0) is 16.3. The molecule has 0 aliphatic heterocycles. The van der Waals surface area contributed by atoms with Crippen LogP contribution in [0.15, 0.2) is 0 Å². The number of rotatable bonds is 11. The Morgan fingerprint density at radius 3 is 2.24 bits per heavy atom. The molecule has 5 nitrogen and oxygen atoms in total. The largest absolute Gasteiger partial charge is 0.481 e. The number of amides is 2. The fraction of sp³-hybridized carbons (Fsp3) is 0.875. The highest BCUT2D eigenvalue weighted by Crippen LogP contribution is 2.17. The van der Waals surface area contributed by atoms with Crippen molar-refractivity contribution in [1.82, 2.24) is 10.2 Å². The van der Waals surface area contributed by atoms with Crippen LogP contribution in [0.25, 0.3) is 0 Å². The molecular weight excluding hydrogens is 268 g/mol. The molecule has 0 rings (SSSR count). The van der Waals surface area contributed by atoms with Gasteiger partial charge >= 0.3 is 12.0 Å². The molecule has 0 bridgehead atoms. The fourth-order valence-corrected chi connectivity index (χ4v) is 2.49. The van der Waals surface area contributed by atoms with Crippen molar-refractivity contribution in [1.29, 1.82) is 0 Å². The SMILES string of the molecule is CCCC(CCNC(=O)N(C)C(C)CCC)CCC(=O)O. The van der Waals surface area contributed by atoms with Gasteiger partial charge in [-0.2, -0.15) is 0 Å². The molecule has 2 amide bonds. The Kier molecular flexibility index (Phi) is 10.7. The van der Waals surface area contributed by atoms with Gasteiger partial charge in [0.15, 0.2) is 0 Å². The molecule has 0 fully saturated rings. The lowest BCUT2D eigenvalue weighted by atomic mass is 9.94. The monoisotopic (exact) mass is 300 g/mol. The summed E-state index contributed by atoms with van der Waals surface area (Å²) in [6, 6.07) is 0.206. The lowest BCUT2D eigenvalue weighted by molar-refractivity contribution is -0.137. The number of carbonyl (C=O) groups excluding carboxylic acids is 1. The summed E-state index contributed by atoms with van der Waals surface area (Å²) in [5.41, 5.74) is 0. The van der Waals surface area contributed by atoms with Crippen molar-refractivity contribution in [2.24, 2.45) is 5.92 Å². The number of hydrogen-bond acceptors (Lipinski definition) is 2. The smallest absolute Gasteiger partial charge is 0.317 e. The van der Waals surface area contributed by atoms with E-state index in [0.717, 1.165) is 32.1 Å². The highest BCUT2D eigenvalue weighted by Gasteiger charge is 2.15. The van der Waals surface area contributed by atoms with E-state index in [1.54, 1.807) is 4.90 Å². The lowest BCUT2D eigenvalue weighted by Gasteiger charge is -2.25. The number of carboxylic acid groups (broad SMARTS) is 1. The van der Waals surface area contributed by atoms with Crippen molar-refractivity contribution in [2.45, 2.75) is 71.8 Å². The summed E-state index contributed by atoms with van der Waals surface area (Å²) in [7, 11) is 1.82. The molecule has 0 aromatic rings. The first-order chi connectivity index (χ1) is 9.92. The molecular formula is C16H32N2O3. The minimum absolute atomic E-state index is 0.0376. The molecule has 0 aliphatic rings. The van der Waals surface area contributed by atoms with Crippen LogP contribution in [-0.4, -0.2) is 41.6 Å². The maximum atomic E-state index is 12.0. The number of aliphatic carboxylic acids is 1. The summed E-state index contributed by atoms with van der Waals surface area (Å²) < 4.78 is 0. The van der Waals surface area contributed by atoms with Gasteiger partial charge in [0.05, 0.1) is 0 Å². The van der Waals surface area contributed by atoms with Gasteiger partial charge in [0.1, 0.15) is 0 Å². The van der Waals surface area contributed by atoms with Gasteiger partial charge in [-0.25, -0.2) is 4.79 Å². The Balaban J connectivity index is 4.06. The number of nitrogens with zero attached hydrogens (tertiary/aromatic N) is 1. The highest BCUT2D eigenvalue weighted by atomic mass is 16.4. The first kappa shape index (κ1) is 19.7. The minimum atomic E-state index is -0.742. The van der Waals surface area contributed by atoms with Crippen molar-refractivity contribution in [3.8, 4) is 0 Å². The summed E-state index contributed by atoms with van der Waals surface area (Å²) in [6.07, 6.45) is 5.89. The van der Waals surface area contributed by atoms with Crippen molar-refractivity contribution in [2.75, 3.05) is 13.6 Å². The second kappa shape index (κ2) is 11.4. The van der Waals surface area contributed by atoms with Crippen molar-refractivity contribution in [3.63, 3.8) is 0 Å². The Morgan fingerprint density at radius 1 is 1.10 bits per heavy atom. The average molecular weight is 300 g/mol. The number of carbonyl (C=O) groups is 2. The van der Waals surface area contributed by atoms with Gasteiger partial charge in [0, 0.05) is 26.1 Å². The fourth-order valence-electron chi connectivity index (χ4n) is 2.49. The average Bonchev–Trinajstić information content (AvgIpc) is 2.43. The maximum Gasteiger partial charge on any atom is 0.317 e. The van der Waals surface area contributed by atoms with E-state index < -0.39 is 5.97 Å². The molecule has 2 atom stereocenters. The van der Waals surface area contributed by atoms with E-state index in [4.69, 9.17) is 5.11 Å². The zero-order valence-electron chi connectivity index (χ0n) is 14.0. The van der Waals surface area contributed by atoms with Crippen LogP contribution in [0.5, 0.6) is 0 Å². The molecule has 2 unspecified atom stereocenters. The van der Waals surface area contributed by atoms with Crippen LogP contribution < -0.4 is 5.32 Å². The Morgan fingerprint density at radius 2 is 1.71 bits per heavy atom. The van der Waals surface area contributed by atoms with Gasteiger partial charge in [-0.05, 0) is 32.1 Å². The van der Waals surface area contributed by atoms with Crippen molar-refractivity contribution >= 4 is 12.0 Å². The summed E-state index contributed by atoms with van der Waals surface area (Å²) in [5, 5.41) is 11.7. The molecule has 5 heteroatoms. The third kappa shape index (κ3) is 9.32. The predicted octanol–water partition coefficient (Wildman–Crippen LogP) is 3.49. The standard InChI is InChI=1S/C16H32N2O3/c1-5-7-13(3)18(4)16(21)17-12-11-14(8-6-2)9-10-15(19)20/h13-14H,5-12H2,1-4H3,(H,17,21)(H,19,20). The van der Waals surface area contributed by atoms with E-state index in [2.05, 4.69) is 26.1 Å². The van der Waals surface area contributed by atoms with Gasteiger partial charge in [-0.1, -0.05) is 33.1 Å². The quantitative estimate of drug-likeness (QED) is 0.613. The van der Waals surface area contributed by atoms with Gasteiger partial charge < -0.3 is 15.3 Å². The van der Waals surface area contributed by atoms with Crippen LogP contribution in [0.2, 0.25) is 0 Å². The third-order valence-corrected chi connectivity index (χ3v) is 3.98. The van der Waals surface area contributed by atoms with Gasteiger partial charge in [-0.3, -0.25) is 4.79 Å². The molecule has 0 aliphatic carbocycles. The molecule has 0 saturated carbocycles. The van der Waals surface area contributed by atoms with Crippen LogP contribution in [0.4, 0.5) is 4.79 Å². The molecule has 0 radical (unpaired) electrons. The Labute approximate surface area is 129 Å². The molecule has 2 N–H and O–H groups in total. The minimum Gasteiger partial charge on any atom is -0.481 e. The molecule has 0 aromatic carbocycles. The van der Waals surface area contributed by atoms with Gasteiger partial charge in [0.2, 0.25) is 0 Å². The normalized spacial score (nSPS) is 13.5. The van der Waals surface area contributed by atoms with E-state index in [1.165, 1.54) is 0 Å². The molecule has 0 spiro atoms. The van der Waals surface area contributed by atoms with Crippen LogP contribution in [-0.2, 0) is 4.79 Å². The second-order valence-electron chi connectivity index (χ2n) is 5.86. The zero-order valence-corrected chi connectivity index (χ0v) is 14.0. The van der Waals surface area contributed by atoms with Crippen LogP contribution >= 0.6 is 0 Å². The maximum absolute atomic E-state index is 12.0. The Hall–Kier alpha value is -1.26. The summed E-state index contributed by atoms with van der Waals surface area (Å²) in [6.45, 7) is 6.88. The molecule has 0 saturated heterocycles. The van der Waals surface area contributed by atoms with E-state index in [-0.39, 0.29) is 18.5 Å². The van der Waals surface area contributed by atoms with Gasteiger partial charge in [-0.15, -0.1) is 0 Å². The molecule has 21 heavy (non-hydrogen) atoms. The Bertz CT molecular complexity index is 308. The van der Waals surface area contributed by atoms with Crippen molar-refractivity contribution in [3.05, 3.63) is 0 Å². The van der Waals surface area contributed by atoms with Crippen molar-refractivity contribution < 1.29 is 14.7 Å². The van der Waals surface area contributed by atoms with E-state index in [9.17, 15) is 9.59 Å². The van der Waals surface area contributed by atoms with E-state index >= 15 is 0 Å². The first-order valence-electron chi connectivity index (χ1n) is 8.14. The molecule has 124 valence electrons. The first-order valence-corrected chi connectivity index (χ1v) is 8.14. The molecule has 0 heterocycles. The predicted molar refractivity (Wildman–Crippen MR) is 85.4 cm³/mol. The number of nitrogens with one attached hydrogen (secondary N) is 1. The van der Waals surface area contributed by atoms with E-state index in [0.29, 0.717) is 18.9 Å². The summed E-state index contributed by atoms with van der Waals surface area (Å²) in [5.74, 6) is -0.363. The van der Waals surface area contributed by atoms with Crippen LogP contribution in [0.3, 0.4) is 0 Å². The number of urea groups is 1. The number of hydrogen-bond donors (Lipinski definition) is 2. The molecule has 0 aromatic heterocycles. The summed E-state index contributed by atoms with van der Waals surface area (Å²) in [4.78, 5) is 24.4. The highest BCUT2D eigenvalue weighted by molar-refractivity contribution is 5.74. The number of carboxylic acids is 1. The van der Waals surface area contributed by atoms with Crippen LogP contribution in [0, 0.1) is 5.92 Å². The second-order valence-corrected chi connectivity index (χ2v) is 5.86. The lowest BCUT2D eigenvalue weighted by Crippen LogP contribution is -2.42. The van der Waals surface area contributed by atoms with Gasteiger partial charge in [0.25, 0.3) is 0 Å². The van der Waals surface area contributed by atoms with Crippen LogP contribution in [0.1, 0.15) is 65.7 Å².